The lowest BCUT2D eigenvalue weighted by Crippen LogP contribution is -2.12. The standard InChI is InChI=1S/C23H24N4O3/c28-21(10-6-15-5-9-19-20(13-15)30-12-2-11-29-19)24-18-4-1-3-17(14-18)23-25-22(26-27-23)16-7-8-16/h1,3-5,9,13-14,16H,2,6-8,10-12H2,(H,24,28)(H,25,26,27). The maximum Gasteiger partial charge on any atom is 0.224 e. The molecule has 3 aromatic rings. The van der Waals surface area contributed by atoms with E-state index in [9.17, 15) is 4.79 Å². The fourth-order valence-corrected chi connectivity index (χ4v) is 3.52. The van der Waals surface area contributed by atoms with Crippen LogP contribution in [-0.4, -0.2) is 34.3 Å². The van der Waals surface area contributed by atoms with Crippen LogP contribution in [0.5, 0.6) is 11.5 Å². The van der Waals surface area contributed by atoms with E-state index in [0.717, 1.165) is 40.6 Å². The van der Waals surface area contributed by atoms with Crippen molar-refractivity contribution in [3.05, 3.63) is 53.9 Å². The van der Waals surface area contributed by atoms with Crippen molar-refractivity contribution in [2.45, 2.75) is 38.0 Å². The number of rotatable bonds is 6. The largest absolute Gasteiger partial charge is 0.490 e. The van der Waals surface area contributed by atoms with E-state index >= 15 is 0 Å². The number of ether oxygens (including phenoxy) is 2. The summed E-state index contributed by atoms with van der Waals surface area (Å²) >= 11 is 0. The third-order valence-corrected chi connectivity index (χ3v) is 5.32. The molecule has 0 unspecified atom stereocenters. The highest BCUT2D eigenvalue weighted by Crippen LogP contribution is 2.38. The lowest BCUT2D eigenvalue weighted by molar-refractivity contribution is -0.116. The minimum absolute atomic E-state index is 0.0343. The van der Waals surface area contributed by atoms with Gasteiger partial charge < -0.3 is 14.8 Å². The second-order valence-electron chi connectivity index (χ2n) is 7.78. The molecule has 1 fully saturated rings. The number of aromatic nitrogens is 3. The van der Waals surface area contributed by atoms with Gasteiger partial charge in [0.05, 0.1) is 13.2 Å². The molecule has 30 heavy (non-hydrogen) atoms. The number of amides is 1. The Morgan fingerprint density at radius 1 is 1.10 bits per heavy atom. The second kappa shape index (κ2) is 8.18. The highest BCUT2D eigenvalue weighted by atomic mass is 16.5. The van der Waals surface area contributed by atoms with E-state index in [1.165, 1.54) is 12.8 Å². The molecule has 0 bridgehead atoms. The summed E-state index contributed by atoms with van der Waals surface area (Å²) in [7, 11) is 0. The molecule has 2 aromatic carbocycles. The number of benzene rings is 2. The maximum atomic E-state index is 12.5. The Bertz CT molecular complexity index is 1060. The first-order valence-corrected chi connectivity index (χ1v) is 10.5. The van der Waals surface area contributed by atoms with Crippen LogP contribution in [-0.2, 0) is 11.2 Å². The van der Waals surface area contributed by atoms with Gasteiger partial charge in [0.1, 0.15) is 5.82 Å². The monoisotopic (exact) mass is 404 g/mol. The number of H-pyrrole nitrogens is 1. The van der Waals surface area contributed by atoms with Gasteiger partial charge in [0.25, 0.3) is 0 Å². The first kappa shape index (κ1) is 18.7. The molecule has 1 saturated carbocycles. The summed E-state index contributed by atoms with van der Waals surface area (Å²) in [6.07, 6.45) is 4.24. The number of hydrogen-bond acceptors (Lipinski definition) is 5. The summed E-state index contributed by atoms with van der Waals surface area (Å²) in [6, 6.07) is 13.5. The smallest absolute Gasteiger partial charge is 0.224 e. The predicted octanol–water partition coefficient (Wildman–Crippen LogP) is 4.08. The third kappa shape index (κ3) is 4.30. The van der Waals surface area contributed by atoms with E-state index in [2.05, 4.69) is 20.5 Å². The summed E-state index contributed by atoms with van der Waals surface area (Å²) < 4.78 is 11.4. The number of hydrogen-bond donors (Lipinski definition) is 2. The number of aromatic amines is 1. The van der Waals surface area contributed by atoms with Gasteiger partial charge in [0.15, 0.2) is 17.3 Å². The average molecular weight is 404 g/mol. The predicted molar refractivity (Wildman–Crippen MR) is 113 cm³/mol. The van der Waals surface area contributed by atoms with Gasteiger partial charge in [-0.1, -0.05) is 18.2 Å². The molecule has 0 atom stereocenters. The molecule has 2 aliphatic rings. The molecule has 2 N–H and O–H groups in total. The van der Waals surface area contributed by atoms with Crippen LogP contribution in [0.2, 0.25) is 0 Å². The molecular formula is C23H24N4O3. The van der Waals surface area contributed by atoms with Gasteiger partial charge in [-0.05, 0) is 49.1 Å². The van der Waals surface area contributed by atoms with Crippen molar-refractivity contribution < 1.29 is 14.3 Å². The van der Waals surface area contributed by atoms with Gasteiger partial charge in [-0.15, -0.1) is 0 Å². The molecule has 7 nitrogen and oxygen atoms in total. The van der Waals surface area contributed by atoms with Crippen molar-refractivity contribution in [1.82, 2.24) is 15.2 Å². The van der Waals surface area contributed by atoms with Gasteiger partial charge in [0.2, 0.25) is 5.91 Å². The Hall–Kier alpha value is -3.35. The van der Waals surface area contributed by atoms with Crippen LogP contribution >= 0.6 is 0 Å². The number of carbonyl (C=O) groups is 1. The van der Waals surface area contributed by atoms with Gasteiger partial charge >= 0.3 is 0 Å². The van der Waals surface area contributed by atoms with Crippen LogP contribution in [0.15, 0.2) is 42.5 Å². The van der Waals surface area contributed by atoms with Crippen molar-refractivity contribution in [3.8, 4) is 22.9 Å². The molecule has 0 radical (unpaired) electrons. The van der Waals surface area contributed by atoms with Crippen LogP contribution in [0.3, 0.4) is 0 Å². The van der Waals surface area contributed by atoms with Crippen LogP contribution in [0.4, 0.5) is 5.69 Å². The SMILES string of the molecule is O=C(CCc1ccc2c(c1)OCCCO2)Nc1cccc(-c2n[nH]c(C3CC3)n2)c1. The zero-order valence-electron chi connectivity index (χ0n) is 16.7. The Balaban J connectivity index is 1.20. The summed E-state index contributed by atoms with van der Waals surface area (Å²) in [5.74, 6) is 3.64. The summed E-state index contributed by atoms with van der Waals surface area (Å²) in [4.78, 5) is 17.1. The van der Waals surface area contributed by atoms with Crippen molar-refractivity contribution >= 4 is 11.6 Å². The van der Waals surface area contributed by atoms with Crippen LogP contribution in [0.25, 0.3) is 11.4 Å². The van der Waals surface area contributed by atoms with Gasteiger partial charge in [-0.3, -0.25) is 9.89 Å². The minimum Gasteiger partial charge on any atom is -0.490 e. The van der Waals surface area contributed by atoms with E-state index < -0.39 is 0 Å². The van der Waals surface area contributed by atoms with Crippen molar-refractivity contribution in [2.75, 3.05) is 18.5 Å². The van der Waals surface area contributed by atoms with Gasteiger partial charge in [-0.2, -0.15) is 5.10 Å². The molecule has 0 saturated heterocycles. The summed E-state index contributed by atoms with van der Waals surface area (Å²) in [5, 5.41) is 10.3. The highest BCUT2D eigenvalue weighted by Gasteiger charge is 2.27. The molecule has 154 valence electrons. The number of carbonyl (C=O) groups excluding carboxylic acids is 1. The van der Waals surface area contributed by atoms with Crippen LogP contribution in [0.1, 0.15) is 43.0 Å². The molecule has 1 aromatic heterocycles. The first-order chi connectivity index (χ1) is 14.7. The van der Waals surface area contributed by atoms with Crippen LogP contribution in [0, 0.1) is 0 Å². The molecule has 1 aliphatic carbocycles. The molecule has 5 rings (SSSR count). The molecular weight excluding hydrogens is 380 g/mol. The average Bonchev–Trinajstić information content (AvgIpc) is 3.54. The van der Waals surface area contributed by atoms with Crippen molar-refractivity contribution in [3.63, 3.8) is 0 Å². The van der Waals surface area contributed by atoms with Crippen LogP contribution < -0.4 is 14.8 Å². The normalized spacial score (nSPS) is 15.5. The molecule has 7 heteroatoms. The van der Waals surface area contributed by atoms with Crippen molar-refractivity contribution in [1.29, 1.82) is 0 Å². The Morgan fingerprint density at radius 3 is 2.83 bits per heavy atom. The van der Waals surface area contributed by atoms with Gasteiger partial charge in [0, 0.05) is 30.0 Å². The summed E-state index contributed by atoms with van der Waals surface area (Å²) in [6.45, 7) is 1.32. The van der Waals surface area contributed by atoms with E-state index in [1.807, 2.05) is 42.5 Å². The number of fused-ring (bicyclic) bond motifs is 1. The first-order valence-electron chi connectivity index (χ1n) is 10.5. The maximum absolute atomic E-state index is 12.5. The summed E-state index contributed by atoms with van der Waals surface area (Å²) in [5.41, 5.74) is 2.68. The zero-order valence-corrected chi connectivity index (χ0v) is 16.7. The minimum atomic E-state index is -0.0343. The molecule has 0 spiro atoms. The number of nitrogens with one attached hydrogen (secondary N) is 2. The fourth-order valence-electron chi connectivity index (χ4n) is 3.52. The van der Waals surface area contributed by atoms with E-state index in [-0.39, 0.29) is 5.91 Å². The quantitative estimate of drug-likeness (QED) is 0.646. The Labute approximate surface area is 174 Å². The van der Waals surface area contributed by atoms with E-state index in [0.29, 0.717) is 37.8 Å². The highest BCUT2D eigenvalue weighted by molar-refractivity contribution is 5.91. The lowest BCUT2D eigenvalue weighted by atomic mass is 10.1. The number of aryl methyl sites for hydroxylation is 1. The number of anilines is 1. The molecule has 2 heterocycles. The number of nitrogens with zero attached hydrogens (tertiary/aromatic N) is 2. The van der Waals surface area contributed by atoms with Crippen molar-refractivity contribution in [2.24, 2.45) is 0 Å². The Morgan fingerprint density at radius 2 is 1.97 bits per heavy atom. The Kier molecular flexibility index (Phi) is 5.09. The van der Waals surface area contributed by atoms with Gasteiger partial charge in [-0.25, -0.2) is 4.98 Å². The lowest BCUT2D eigenvalue weighted by Gasteiger charge is -2.10. The second-order valence-corrected chi connectivity index (χ2v) is 7.78. The zero-order chi connectivity index (χ0) is 20.3. The molecule has 1 aliphatic heterocycles. The van der Waals surface area contributed by atoms with E-state index in [1.54, 1.807) is 0 Å². The van der Waals surface area contributed by atoms with E-state index in [4.69, 9.17) is 9.47 Å². The fraction of sp³-hybridized carbons (Fsp3) is 0.348. The topological polar surface area (TPSA) is 89.1 Å². The third-order valence-electron chi connectivity index (χ3n) is 5.32. The molecule has 1 amide bonds.